The second kappa shape index (κ2) is 8.60. The second-order valence-corrected chi connectivity index (χ2v) is 7.61. The Bertz CT molecular complexity index is 1460. The van der Waals surface area contributed by atoms with Crippen molar-refractivity contribution >= 4 is 16.6 Å². The molecule has 0 aliphatic carbocycles. The first-order valence-electron chi connectivity index (χ1n) is 10.0. The number of halogens is 2. The Balaban J connectivity index is 2.01. The first kappa shape index (κ1) is 21.2. The van der Waals surface area contributed by atoms with Crippen LogP contribution in [0.15, 0.2) is 71.7 Å². The summed E-state index contributed by atoms with van der Waals surface area (Å²) in [7, 11) is 1.66. The fraction of sp³-hybridized carbons (Fsp3) is 0.111. The summed E-state index contributed by atoms with van der Waals surface area (Å²) in [5, 5.41) is 1.25. The number of hydrogen-bond donors (Lipinski definition) is 0. The summed E-state index contributed by atoms with van der Waals surface area (Å²) < 4.78 is 29.3. The summed E-state index contributed by atoms with van der Waals surface area (Å²) in [5.74, 6) is 0.459. The summed E-state index contributed by atoms with van der Waals surface area (Å²) >= 11 is 0. The van der Waals surface area contributed by atoms with Crippen LogP contribution < -0.4 is 5.56 Å². The van der Waals surface area contributed by atoms with Crippen LogP contribution in [0.4, 0.5) is 8.78 Å². The molecule has 0 saturated carbocycles. The molecule has 4 rings (SSSR count). The smallest absolute Gasteiger partial charge is 0.258 e. The fourth-order valence-corrected chi connectivity index (χ4v) is 4.00. The van der Waals surface area contributed by atoms with E-state index in [9.17, 15) is 18.4 Å². The van der Waals surface area contributed by atoms with Crippen LogP contribution in [0.2, 0.25) is 0 Å². The van der Waals surface area contributed by atoms with Gasteiger partial charge in [-0.15, -0.1) is 6.42 Å². The third kappa shape index (κ3) is 3.95. The molecule has 0 N–H and O–H groups in total. The lowest BCUT2D eigenvalue weighted by molar-refractivity contribution is -0.113. The topological polar surface area (TPSA) is 39.1 Å². The van der Waals surface area contributed by atoms with E-state index >= 15 is 0 Å². The molecule has 0 aliphatic rings. The first-order chi connectivity index (χ1) is 15.4. The number of benzene rings is 3. The molecular weight excluding hydrogens is 408 g/mol. The maximum Gasteiger partial charge on any atom is 0.258 e. The minimum absolute atomic E-state index is 0.00272. The number of carbonyl (C=O) groups excluding carboxylic acids is 1. The zero-order chi connectivity index (χ0) is 22.8. The number of aromatic nitrogens is 1. The van der Waals surface area contributed by atoms with Crippen molar-refractivity contribution in [2.24, 2.45) is 7.05 Å². The van der Waals surface area contributed by atoms with Crippen LogP contribution in [0.25, 0.3) is 21.9 Å². The molecule has 3 nitrogen and oxygen atoms in total. The number of hydrogen-bond acceptors (Lipinski definition) is 2. The van der Waals surface area contributed by atoms with Crippen molar-refractivity contribution in [2.45, 2.75) is 12.8 Å². The van der Waals surface area contributed by atoms with Gasteiger partial charge in [0.25, 0.3) is 5.56 Å². The zero-order valence-electron chi connectivity index (χ0n) is 17.4. The Morgan fingerprint density at radius 2 is 1.69 bits per heavy atom. The minimum atomic E-state index is -0.649. The molecule has 0 radical (unpaired) electrons. The number of terminal acetylenes is 1. The van der Waals surface area contributed by atoms with Gasteiger partial charge >= 0.3 is 0 Å². The van der Waals surface area contributed by atoms with E-state index in [0.717, 1.165) is 22.6 Å². The molecule has 0 unspecified atom stereocenters. The van der Waals surface area contributed by atoms with E-state index in [0.29, 0.717) is 22.1 Å². The highest BCUT2D eigenvalue weighted by Gasteiger charge is 2.18. The summed E-state index contributed by atoms with van der Waals surface area (Å²) in [6.07, 6.45) is 7.21. The Morgan fingerprint density at radius 1 is 0.969 bits per heavy atom. The Morgan fingerprint density at radius 3 is 2.41 bits per heavy atom. The molecule has 4 aromatic rings. The van der Waals surface area contributed by atoms with E-state index in [1.54, 1.807) is 37.5 Å². The quantitative estimate of drug-likeness (QED) is 0.338. The van der Waals surface area contributed by atoms with Crippen molar-refractivity contribution < 1.29 is 13.6 Å². The SMILES string of the molecule is C#CC(=O)Cc1cccc(Cc2ccc(F)cc2F)c1-c1cn(C)c(=O)c2ccccc12. The van der Waals surface area contributed by atoms with Gasteiger partial charge in [-0.25, -0.2) is 8.78 Å². The van der Waals surface area contributed by atoms with Gasteiger partial charge < -0.3 is 4.57 Å². The third-order valence-electron chi connectivity index (χ3n) is 5.51. The monoisotopic (exact) mass is 427 g/mol. The largest absolute Gasteiger partial charge is 0.317 e. The van der Waals surface area contributed by atoms with E-state index < -0.39 is 11.6 Å². The van der Waals surface area contributed by atoms with Crippen molar-refractivity contribution in [1.29, 1.82) is 0 Å². The molecule has 5 heteroatoms. The number of fused-ring (bicyclic) bond motifs is 1. The number of nitrogens with zero attached hydrogens (tertiary/aromatic N) is 1. The van der Waals surface area contributed by atoms with Gasteiger partial charge in [0.05, 0.1) is 0 Å². The van der Waals surface area contributed by atoms with Crippen molar-refractivity contribution in [2.75, 3.05) is 0 Å². The van der Waals surface area contributed by atoms with Gasteiger partial charge in [-0.05, 0) is 45.7 Å². The minimum Gasteiger partial charge on any atom is -0.317 e. The zero-order valence-corrected chi connectivity index (χ0v) is 17.4. The standard InChI is InChI=1S/C27H19F2NO2/c1-3-21(31)14-19-8-6-7-18(13-17-11-12-20(28)15-25(17)29)26(19)24-16-30(2)27(32)23-10-5-4-9-22(23)24/h1,4-12,15-16H,13-14H2,2H3. The van der Waals surface area contributed by atoms with Gasteiger partial charge in [0, 0.05) is 43.1 Å². The highest BCUT2D eigenvalue weighted by molar-refractivity contribution is 6.01. The molecule has 0 amide bonds. The van der Waals surface area contributed by atoms with Crippen LogP contribution in [-0.2, 0) is 24.7 Å². The molecule has 32 heavy (non-hydrogen) atoms. The molecule has 0 spiro atoms. The van der Waals surface area contributed by atoms with Crippen molar-refractivity contribution in [3.63, 3.8) is 0 Å². The van der Waals surface area contributed by atoms with Crippen LogP contribution in [0.5, 0.6) is 0 Å². The molecule has 1 aromatic heterocycles. The third-order valence-corrected chi connectivity index (χ3v) is 5.51. The van der Waals surface area contributed by atoms with Crippen LogP contribution >= 0.6 is 0 Å². The first-order valence-corrected chi connectivity index (χ1v) is 10.0. The highest BCUT2D eigenvalue weighted by atomic mass is 19.1. The molecular formula is C27H19F2NO2. The molecule has 0 fully saturated rings. The molecule has 0 atom stereocenters. The van der Waals surface area contributed by atoms with Crippen molar-refractivity contribution in [3.8, 4) is 23.5 Å². The van der Waals surface area contributed by atoms with Crippen molar-refractivity contribution in [1.82, 2.24) is 4.57 Å². The van der Waals surface area contributed by atoms with E-state index in [-0.39, 0.29) is 24.2 Å². The van der Waals surface area contributed by atoms with E-state index in [1.807, 2.05) is 18.2 Å². The van der Waals surface area contributed by atoms with Gasteiger partial charge in [0.15, 0.2) is 0 Å². The maximum absolute atomic E-state index is 14.4. The average molecular weight is 427 g/mol. The normalized spacial score (nSPS) is 10.8. The number of ketones is 1. The predicted octanol–water partition coefficient (Wildman–Crippen LogP) is 4.82. The lowest BCUT2D eigenvalue weighted by Gasteiger charge is -2.18. The molecule has 0 bridgehead atoms. The predicted molar refractivity (Wildman–Crippen MR) is 121 cm³/mol. The number of rotatable bonds is 5. The summed E-state index contributed by atoms with van der Waals surface area (Å²) in [6.45, 7) is 0. The van der Waals surface area contributed by atoms with E-state index in [4.69, 9.17) is 6.42 Å². The van der Waals surface area contributed by atoms with Crippen molar-refractivity contribution in [3.05, 3.63) is 106 Å². The van der Waals surface area contributed by atoms with Gasteiger partial charge in [-0.2, -0.15) is 0 Å². The fourth-order valence-electron chi connectivity index (χ4n) is 4.00. The average Bonchev–Trinajstić information content (AvgIpc) is 2.78. The molecule has 0 saturated heterocycles. The molecule has 3 aromatic carbocycles. The van der Waals surface area contributed by atoms with Crippen LogP contribution in [-0.4, -0.2) is 10.4 Å². The Kier molecular flexibility index (Phi) is 5.70. The van der Waals surface area contributed by atoms with Gasteiger partial charge in [0.1, 0.15) is 11.6 Å². The number of Topliss-reactive ketones (excluding diaryl/α,β-unsaturated/α-hetero) is 1. The van der Waals surface area contributed by atoms with E-state index in [1.165, 1.54) is 16.7 Å². The molecule has 158 valence electrons. The van der Waals surface area contributed by atoms with Crippen LogP contribution in [0.1, 0.15) is 16.7 Å². The lowest BCUT2D eigenvalue weighted by Crippen LogP contribution is -2.17. The summed E-state index contributed by atoms with van der Waals surface area (Å²) in [5.41, 5.74) is 3.04. The summed E-state index contributed by atoms with van der Waals surface area (Å²) in [4.78, 5) is 24.8. The van der Waals surface area contributed by atoms with Gasteiger partial charge in [0.2, 0.25) is 5.78 Å². The lowest BCUT2D eigenvalue weighted by atomic mass is 9.87. The second-order valence-electron chi connectivity index (χ2n) is 7.61. The number of pyridine rings is 1. The maximum atomic E-state index is 14.4. The van der Waals surface area contributed by atoms with Gasteiger partial charge in [-0.1, -0.05) is 42.5 Å². The number of aryl methyl sites for hydroxylation is 1. The highest BCUT2D eigenvalue weighted by Crippen LogP contribution is 2.34. The summed E-state index contributed by atoms with van der Waals surface area (Å²) in [6, 6.07) is 16.1. The van der Waals surface area contributed by atoms with Gasteiger partial charge in [-0.3, -0.25) is 9.59 Å². The molecule has 1 heterocycles. The van der Waals surface area contributed by atoms with E-state index in [2.05, 4.69) is 5.92 Å². The van der Waals surface area contributed by atoms with Crippen LogP contribution in [0, 0.1) is 24.0 Å². The Hall–Kier alpha value is -4.04. The number of carbonyl (C=O) groups is 1. The van der Waals surface area contributed by atoms with Crippen LogP contribution in [0.3, 0.4) is 0 Å². The molecule has 0 aliphatic heterocycles. The Labute approximate surface area is 183 Å².